The van der Waals surface area contributed by atoms with E-state index in [2.05, 4.69) is 22.5 Å². The first-order chi connectivity index (χ1) is 12.6. The van der Waals surface area contributed by atoms with Crippen molar-refractivity contribution in [2.45, 2.75) is 39.7 Å². The molecule has 2 aromatic rings. The maximum Gasteiger partial charge on any atom is 0.341 e. The van der Waals surface area contributed by atoms with Crippen molar-refractivity contribution in [3.63, 3.8) is 0 Å². The van der Waals surface area contributed by atoms with Gasteiger partial charge in [-0.1, -0.05) is 13.0 Å². The number of nitrogens with zero attached hydrogens (tertiary/aromatic N) is 1. The summed E-state index contributed by atoms with van der Waals surface area (Å²) in [5.41, 5.74) is 2.83. The van der Waals surface area contributed by atoms with Crippen LogP contribution in [0.5, 0.6) is 0 Å². The maximum atomic E-state index is 12.5. The van der Waals surface area contributed by atoms with Crippen molar-refractivity contribution in [3.05, 3.63) is 46.1 Å². The number of esters is 1. The van der Waals surface area contributed by atoms with E-state index in [4.69, 9.17) is 17.0 Å². The number of carbonyl (C=O) groups is 1. The number of anilines is 1. The molecule has 1 aliphatic carbocycles. The highest BCUT2D eigenvalue weighted by Crippen LogP contribution is 2.40. The Morgan fingerprint density at radius 2 is 2.35 bits per heavy atom. The zero-order chi connectivity index (χ0) is 18.5. The monoisotopic (exact) mass is 389 g/mol. The van der Waals surface area contributed by atoms with Gasteiger partial charge in [-0.15, -0.1) is 11.3 Å². The third-order valence-electron chi connectivity index (χ3n) is 4.39. The van der Waals surface area contributed by atoms with E-state index in [0.717, 1.165) is 35.4 Å². The highest BCUT2D eigenvalue weighted by Gasteiger charge is 2.28. The molecular weight excluding hydrogens is 366 g/mol. The molecule has 0 amide bonds. The summed E-state index contributed by atoms with van der Waals surface area (Å²) in [6, 6.07) is 3.87. The van der Waals surface area contributed by atoms with Crippen molar-refractivity contribution in [3.8, 4) is 0 Å². The van der Waals surface area contributed by atoms with Crippen LogP contribution < -0.4 is 10.6 Å². The van der Waals surface area contributed by atoms with Gasteiger partial charge in [0.1, 0.15) is 5.00 Å². The minimum atomic E-state index is -0.267. The molecule has 2 N–H and O–H groups in total. The second kappa shape index (κ2) is 8.60. The normalized spacial score (nSPS) is 15.8. The Morgan fingerprint density at radius 1 is 1.50 bits per heavy atom. The molecule has 1 atom stereocenters. The molecule has 26 heavy (non-hydrogen) atoms. The molecule has 0 saturated heterocycles. The first kappa shape index (κ1) is 18.8. The second-order valence-electron chi connectivity index (χ2n) is 6.45. The Balaban J connectivity index is 1.75. The van der Waals surface area contributed by atoms with Crippen molar-refractivity contribution in [2.75, 3.05) is 11.9 Å². The van der Waals surface area contributed by atoms with Gasteiger partial charge >= 0.3 is 5.97 Å². The van der Waals surface area contributed by atoms with Crippen LogP contribution in [0, 0.1) is 5.92 Å². The number of rotatable bonds is 5. The van der Waals surface area contributed by atoms with Crippen LogP contribution in [-0.4, -0.2) is 22.7 Å². The molecule has 2 aromatic heterocycles. The van der Waals surface area contributed by atoms with Gasteiger partial charge in [-0.2, -0.15) is 0 Å². The van der Waals surface area contributed by atoms with Gasteiger partial charge in [0, 0.05) is 23.8 Å². The Kier molecular flexibility index (Phi) is 6.21. The molecule has 0 radical (unpaired) electrons. The number of ether oxygens (including phenoxy) is 1. The summed E-state index contributed by atoms with van der Waals surface area (Å²) < 4.78 is 5.29. The lowest BCUT2D eigenvalue weighted by atomic mass is 9.88. The van der Waals surface area contributed by atoms with Crippen molar-refractivity contribution in [2.24, 2.45) is 5.92 Å². The number of aromatic nitrogens is 1. The van der Waals surface area contributed by atoms with Crippen LogP contribution in [0.3, 0.4) is 0 Å². The van der Waals surface area contributed by atoms with Gasteiger partial charge in [0.05, 0.1) is 12.2 Å². The van der Waals surface area contributed by atoms with Crippen LogP contribution in [0.15, 0.2) is 24.5 Å². The van der Waals surface area contributed by atoms with Crippen LogP contribution >= 0.6 is 23.6 Å². The Labute approximate surface area is 163 Å². The summed E-state index contributed by atoms with van der Waals surface area (Å²) in [6.45, 7) is 5.02. The minimum absolute atomic E-state index is 0.267. The van der Waals surface area contributed by atoms with Gasteiger partial charge in [-0.05, 0) is 61.5 Å². The predicted octanol–water partition coefficient (Wildman–Crippen LogP) is 3.93. The zero-order valence-electron chi connectivity index (χ0n) is 15.0. The summed E-state index contributed by atoms with van der Waals surface area (Å²) in [5, 5.41) is 7.65. The highest BCUT2D eigenvalue weighted by atomic mass is 32.1. The standard InChI is InChI=1S/C19H23N3O2S2/c1-3-24-18(23)16-14-7-6-12(2)9-15(14)26-17(16)22-19(25)21-11-13-5-4-8-20-10-13/h4-5,8,10,12H,3,6-7,9,11H2,1-2H3,(H2,21,22,25)/t12-/m0/s1. The zero-order valence-corrected chi connectivity index (χ0v) is 16.6. The van der Waals surface area contributed by atoms with E-state index >= 15 is 0 Å². The molecule has 0 aromatic carbocycles. The summed E-state index contributed by atoms with van der Waals surface area (Å²) in [6.07, 6.45) is 6.55. The molecule has 0 bridgehead atoms. The van der Waals surface area contributed by atoms with Crippen molar-refractivity contribution < 1.29 is 9.53 Å². The van der Waals surface area contributed by atoms with Crippen LogP contribution in [0.25, 0.3) is 0 Å². The lowest BCUT2D eigenvalue weighted by molar-refractivity contribution is 0.0526. The molecular formula is C19H23N3O2S2. The fourth-order valence-electron chi connectivity index (χ4n) is 3.09. The number of hydrogen-bond donors (Lipinski definition) is 2. The number of pyridine rings is 1. The van der Waals surface area contributed by atoms with Crippen LogP contribution in [0.1, 0.15) is 46.6 Å². The first-order valence-electron chi connectivity index (χ1n) is 8.83. The van der Waals surface area contributed by atoms with Gasteiger partial charge in [-0.3, -0.25) is 4.98 Å². The van der Waals surface area contributed by atoms with Crippen molar-refractivity contribution >= 4 is 39.6 Å². The van der Waals surface area contributed by atoms with Gasteiger partial charge in [0.15, 0.2) is 5.11 Å². The Morgan fingerprint density at radius 3 is 3.08 bits per heavy atom. The molecule has 0 fully saturated rings. The molecule has 5 nitrogen and oxygen atoms in total. The number of fused-ring (bicyclic) bond motifs is 1. The quantitative estimate of drug-likeness (QED) is 0.597. The van der Waals surface area contributed by atoms with E-state index in [0.29, 0.717) is 29.7 Å². The summed E-state index contributed by atoms with van der Waals surface area (Å²) >= 11 is 7.04. The third-order valence-corrected chi connectivity index (χ3v) is 5.81. The highest BCUT2D eigenvalue weighted by molar-refractivity contribution is 7.80. The molecule has 2 heterocycles. The molecule has 0 aliphatic heterocycles. The molecule has 0 saturated carbocycles. The molecule has 0 unspecified atom stereocenters. The fraction of sp³-hybridized carbons (Fsp3) is 0.421. The van der Waals surface area contributed by atoms with Gasteiger partial charge in [0.2, 0.25) is 0 Å². The number of thiophene rings is 1. The summed E-state index contributed by atoms with van der Waals surface area (Å²) in [5.74, 6) is 0.372. The second-order valence-corrected chi connectivity index (χ2v) is 7.96. The largest absolute Gasteiger partial charge is 0.462 e. The SMILES string of the molecule is CCOC(=O)c1c(NC(=S)NCc2cccnc2)sc2c1CC[C@H](C)C2. The smallest absolute Gasteiger partial charge is 0.341 e. The number of thiocarbonyl (C=S) groups is 1. The lowest BCUT2D eigenvalue weighted by Crippen LogP contribution is -2.28. The number of hydrogen-bond acceptors (Lipinski definition) is 5. The van der Waals surface area contributed by atoms with Gasteiger partial charge in [0.25, 0.3) is 0 Å². The van der Waals surface area contributed by atoms with E-state index in [-0.39, 0.29) is 5.97 Å². The Hall–Kier alpha value is -1.99. The molecule has 138 valence electrons. The van der Waals surface area contributed by atoms with Crippen LogP contribution in [0.2, 0.25) is 0 Å². The fourth-order valence-corrected chi connectivity index (χ4v) is 4.73. The minimum Gasteiger partial charge on any atom is -0.462 e. The lowest BCUT2D eigenvalue weighted by Gasteiger charge is -2.18. The van der Waals surface area contributed by atoms with E-state index in [1.165, 1.54) is 4.88 Å². The maximum absolute atomic E-state index is 12.5. The summed E-state index contributed by atoms with van der Waals surface area (Å²) in [7, 11) is 0. The predicted molar refractivity (Wildman–Crippen MR) is 109 cm³/mol. The topological polar surface area (TPSA) is 63.2 Å². The van der Waals surface area contributed by atoms with E-state index in [1.807, 2.05) is 19.1 Å². The van der Waals surface area contributed by atoms with Crippen LogP contribution in [0.4, 0.5) is 5.00 Å². The molecule has 7 heteroatoms. The van der Waals surface area contributed by atoms with Crippen LogP contribution in [-0.2, 0) is 24.1 Å². The van der Waals surface area contributed by atoms with Crippen molar-refractivity contribution in [1.29, 1.82) is 0 Å². The Bertz CT molecular complexity index is 790. The number of nitrogens with one attached hydrogen (secondary N) is 2. The molecule has 1 aliphatic rings. The van der Waals surface area contributed by atoms with E-state index in [9.17, 15) is 4.79 Å². The summed E-state index contributed by atoms with van der Waals surface area (Å²) in [4.78, 5) is 17.9. The van der Waals surface area contributed by atoms with E-state index < -0.39 is 0 Å². The van der Waals surface area contributed by atoms with Gasteiger partial charge < -0.3 is 15.4 Å². The average Bonchev–Trinajstić information content (AvgIpc) is 2.98. The third kappa shape index (κ3) is 4.40. The molecule has 3 rings (SSSR count). The first-order valence-corrected chi connectivity index (χ1v) is 10.1. The molecule has 0 spiro atoms. The average molecular weight is 390 g/mol. The van der Waals surface area contributed by atoms with Gasteiger partial charge in [-0.25, -0.2) is 4.79 Å². The number of carbonyl (C=O) groups excluding carboxylic acids is 1. The van der Waals surface area contributed by atoms with Crippen molar-refractivity contribution in [1.82, 2.24) is 10.3 Å². The van der Waals surface area contributed by atoms with E-state index in [1.54, 1.807) is 23.7 Å².